The van der Waals surface area contributed by atoms with E-state index in [0.717, 1.165) is 27.9 Å². The third-order valence-electron chi connectivity index (χ3n) is 3.53. The van der Waals surface area contributed by atoms with E-state index in [2.05, 4.69) is 9.97 Å². The number of nitrogens with zero attached hydrogens (tertiary/aromatic N) is 4. The van der Waals surface area contributed by atoms with Gasteiger partial charge in [-0.3, -0.25) is 5.21 Å². The minimum absolute atomic E-state index is 0.347. The average molecular weight is 302 g/mol. The molecule has 0 fully saturated rings. The van der Waals surface area contributed by atoms with E-state index in [1.165, 1.54) is 20.2 Å². The molecule has 0 saturated heterocycles. The highest BCUT2D eigenvalue weighted by Gasteiger charge is 2.15. The number of fused-ring (bicyclic) bond motifs is 1. The fraction of sp³-hybridized carbons (Fsp3) is 0.200. The molecule has 0 radical (unpaired) electrons. The maximum atomic E-state index is 13.5. The molecule has 114 valence electrons. The summed E-state index contributed by atoms with van der Waals surface area (Å²) >= 11 is 0. The number of hydrogen-bond donors (Lipinski definition) is 1. The third-order valence-corrected chi connectivity index (χ3v) is 3.53. The van der Waals surface area contributed by atoms with Crippen molar-refractivity contribution >= 4 is 16.7 Å². The minimum atomic E-state index is -0.435. The first-order valence-corrected chi connectivity index (χ1v) is 6.59. The number of aromatic nitrogens is 3. The summed E-state index contributed by atoms with van der Waals surface area (Å²) in [5.41, 5.74) is 2.16. The number of pyridine rings is 2. The van der Waals surface area contributed by atoms with Crippen LogP contribution < -0.4 is 9.80 Å². The van der Waals surface area contributed by atoms with Crippen LogP contribution >= 0.6 is 0 Å². The van der Waals surface area contributed by atoms with Gasteiger partial charge in [0.1, 0.15) is 5.82 Å². The molecule has 0 bridgehead atoms. The standard InChI is InChI=1S/C15H15FN4O2/c1-19-12(11-6-10(16)7-18-15(11)22-3)4-9-5-14(20(2)21)17-8-13(9)19/h4-8,21H,1-3H3. The molecule has 0 unspecified atom stereocenters. The summed E-state index contributed by atoms with van der Waals surface area (Å²) in [5, 5.41) is 11.3. The Bertz CT molecular complexity index is 845. The SMILES string of the molecule is COc1ncc(F)cc1-c1cc2cc(N(C)O)ncc2n1C. The Labute approximate surface area is 126 Å². The highest BCUT2D eigenvalue weighted by Crippen LogP contribution is 2.33. The molecule has 3 heterocycles. The first-order valence-electron chi connectivity index (χ1n) is 6.59. The Morgan fingerprint density at radius 2 is 2.00 bits per heavy atom. The second kappa shape index (κ2) is 5.27. The summed E-state index contributed by atoms with van der Waals surface area (Å²) in [6, 6.07) is 5.01. The molecule has 6 nitrogen and oxygen atoms in total. The zero-order valence-corrected chi connectivity index (χ0v) is 12.4. The molecule has 3 rings (SSSR count). The van der Waals surface area contributed by atoms with E-state index in [1.807, 2.05) is 17.7 Å². The third kappa shape index (κ3) is 2.25. The first kappa shape index (κ1) is 14.3. The number of aryl methyl sites for hydroxylation is 1. The Morgan fingerprint density at radius 3 is 2.68 bits per heavy atom. The molecule has 0 saturated carbocycles. The Hall–Kier alpha value is -2.67. The average Bonchev–Trinajstić information content (AvgIpc) is 2.83. The molecule has 0 aliphatic rings. The van der Waals surface area contributed by atoms with Gasteiger partial charge < -0.3 is 9.30 Å². The van der Waals surface area contributed by atoms with Crippen molar-refractivity contribution in [1.82, 2.24) is 14.5 Å². The van der Waals surface area contributed by atoms with Crippen LogP contribution in [0.15, 0.2) is 30.6 Å². The van der Waals surface area contributed by atoms with Crippen LogP contribution in [0.5, 0.6) is 5.88 Å². The lowest BCUT2D eigenvalue weighted by Gasteiger charge is -2.09. The number of ether oxygens (including phenoxy) is 1. The largest absolute Gasteiger partial charge is 0.481 e. The summed E-state index contributed by atoms with van der Waals surface area (Å²) in [7, 11) is 4.84. The second-order valence-electron chi connectivity index (χ2n) is 4.92. The van der Waals surface area contributed by atoms with Gasteiger partial charge in [-0.2, -0.15) is 0 Å². The number of anilines is 1. The topological polar surface area (TPSA) is 63.4 Å². The van der Waals surface area contributed by atoms with Crippen molar-refractivity contribution in [3.05, 3.63) is 36.4 Å². The maximum Gasteiger partial charge on any atom is 0.222 e. The summed E-state index contributed by atoms with van der Waals surface area (Å²) in [6.07, 6.45) is 2.77. The highest BCUT2D eigenvalue weighted by atomic mass is 19.1. The van der Waals surface area contributed by atoms with E-state index < -0.39 is 5.82 Å². The molecule has 0 spiro atoms. The van der Waals surface area contributed by atoms with E-state index in [1.54, 1.807) is 12.3 Å². The number of hydroxylamine groups is 1. The maximum absolute atomic E-state index is 13.5. The van der Waals surface area contributed by atoms with Crippen molar-refractivity contribution in [2.24, 2.45) is 7.05 Å². The van der Waals surface area contributed by atoms with Gasteiger partial charge in [-0.05, 0) is 18.2 Å². The highest BCUT2D eigenvalue weighted by molar-refractivity contribution is 5.88. The summed E-state index contributed by atoms with van der Waals surface area (Å²) in [6.45, 7) is 0. The number of halogens is 1. The van der Waals surface area contributed by atoms with Crippen molar-refractivity contribution in [1.29, 1.82) is 0 Å². The lowest BCUT2D eigenvalue weighted by Crippen LogP contribution is -2.11. The molecule has 0 atom stereocenters. The predicted molar refractivity (Wildman–Crippen MR) is 80.6 cm³/mol. The fourth-order valence-corrected chi connectivity index (χ4v) is 2.43. The molecule has 3 aromatic rings. The van der Waals surface area contributed by atoms with Crippen molar-refractivity contribution in [2.75, 3.05) is 19.2 Å². The molecular formula is C15H15FN4O2. The quantitative estimate of drug-likeness (QED) is 0.753. The summed E-state index contributed by atoms with van der Waals surface area (Å²) < 4.78 is 20.6. The van der Waals surface area contributed by atoms with Gasteiger partial charge >= 0.3 is 0 Å². The zero-order valence-electron chi connectivity index (χ0n) is 12.4. The molecule has 0 aliphatic heterocycles. The lowest BCUT2D eigenvalue weighted by atomic mass is 10.2. The normalized spacial score (nSPS) is 11.0. The first-order chi connectivity index (χ1) is 10.5. The summed E-state index contributed by atoms with van der Waals surface area (Å²) in [4.78, 5) is 8.12. The van der Waals surface area contributed by atoms with Gasteiger partial charge in [0.25, 0.3) is 0 Å². The van der Waals surface area contributed by atoms with Crippen LogP contribution in [0.4, 0.5) is 10.2 Å². The molecule has 1 N–H and O–H groups in total. The van der Waals surface area contributed by atoms with Crippen LogP contribution in [0.25, 0.3) is 22.2 Å². The molecule has 3 aromatic heterocycles. The van der Waals surface area contributed by atoms with Gasteiger partial charge in [-0.25, -0.2) is 19.4 Å². The minimum Gasteiger partial charge on any atom is -0.481 e. The predicted octanol–water partition coefficient (Wildman–Crippen LogP) is 2.61. The van der Waals surface area contributed by atoms with Gasteiger partial charge in [-0.1, -0.05) is 0 Å². The van der Waals surface area contributed by atoms with E-state index in [4.69, 9.17) is 4.74 Å². The van der Waals surface area contributed by atoms with Crippen molar-refractivity contribution in [2.45, 2.75) is 0 Å². The molecular weight excluding hydrogens is 287 g/mol. The fourth-order valence-electron chi connectivity index (χ4n) is 2.43. The van der Waals surface area contributed by atoms with E-state index in [0.29, 0.717) is 17.3 Å². The van der Waals surface area contributed by atoms with Gasteiger partial charge in [0.15, 0.2) is 5.82 Å². The van der Waals surface area contributed by atoms with Crippen LogP contribution in [0, 0.1) is 5.82 Å². The Kier molecular flexibility index (Phi) is 3.42. The van der Waals surface area contributed by atoms with Crippen molar-refractivity contribution in [3.8, 4) is 17.1 Å². The van der Waals surface area contributed by atoms with Gasteiger partial charge in [0.05, 0.1) is 36.3 Å². The second-order valence-corrected chi connectivity index (χ2v) is 4.92. The Morgan fingerprint density at radius 1 is 1.23 bits per heavy atom. The Balaban J connectivity index is 2.23. The molecule has 7 heteroatoms. The van der Waals surface area contributed by atoms with Crippen LogP contribution in [0.2, 0.25) is 0 Å². The molecule has 0 aromatic carbocycles. The van der Waals surface area contributed by atoms with Crippen molar-refractivity contribution in [3.63, 3.8) is 0 Å². The van der Waals surface area contributed by atoms with Gasteiger partial charge in [0, 0.05) is 19.5 Å². The summed E-state index contributed by atoms with van der Waals surface area (Å²) in [5.74, 6) is 0.337. The van der Waals surface area contributed by atoms with Gasteiger partial charge in [0.2, 0.25) is 5.88 Å². The van der Waals surface area contributed by atoms with E-state index in [9.17, 15) is 9.60 Å². The molecule has 0 amide bonds. The number of methoxy groups -OCH3 is 1. The molecule has 0 aliphatic carbocycles. The molecule has 22 heavy (non-hydrogen) atoms. The smallest absolute Gasteiger partial charge is 0.222 e. The monoisotopic (exact) mass is 302 g/mol. The van der Waals surface area contributed by atoms with E-state index >= 15 is 0 Å². The van der Waals surface area contributed by atoms with Crippen LogP contribution in [-0.2, 0) is 7.05 Å². The van der Waals surface area contributed by atoms with Crippen LogP contribution in [0.1, 0.15) is 0 Å². The van der Waals surface area contributed by atoms with Crippen LogP contribution in [-0.4, -0.2) is 33.9 Å². The number of hydrogen-bond acceptors (Lipinski definition) is 5. The van der Waals surface area contributed by atoms with Gasteiger partial charge in [-0.15, -0.1) is 0 Å². The van der Waals surface area contributed by atoms with Crippen LogP contribution in [0.3, 0.4) is 0 Å². The van der Waals surface area contributed by atoms with Crippen molar-refractivity contribution < 1.29 is 14.3 Å². The number of rotatable bonds is 3. The zero-order chi connectivity index (χ0) is 15.9. The van der Waals surface area contributed by atoms with E-state index in [-0.39, 0.29) is 0 Å². The lowest BCUT2D eigenvalue weighted by molar-refractivity contribution is 0.276.